The molecule has 106 valence electrons. The highest BCUT2D eigenvalue weighted by Crippen LogP contribution is 2.30. The number of methoxy groups -OCH3 is 1. The number of benzene rings is 1. The molecule has 0 saturated heterocycles. The zero-order valence-electron chi connectivity index (χ0n) is 10.5. The second kappa shape index (κ2) is 6.08. The molecule has 2 rings (SSSR count). The summed E-state index contributed by atoms with van der Waals surface area (Å²) in [5.41, 5.74) is 6.53. The van der Waals surface area contributed by atoms with Crippen molar-refractivity contribution in [1.82, 2.24) is 4.98 Å². The summed E-state index contributed by atoms with van der Waals surface area (Å²) in [5, 5.41) is 14.5. The van der Waals surface area contributed by atoms with Gasteiger partial charge in [-0.1, -0.05) is 11.6 Å². The first-order valence-electron chi connectivity index (χ1n) is 5.55. The van der Waals surface area contributed by atoms with Crippen molar-refractivity contribution in [2.45, 2.75) is 6.04 Å². The minimum atomic E-state index is -1.12. The van der Waals surface area contributed by atoms with Gasteiger partial charge >= 0.3 is 5.97 Å². The van der Waals surface area contributed by atoms with E-state index in [-0.39, 0.29) is 0 Å². The van der Waals surface area contributed by atoms with Crippen LogP contribution in [0.2, 0.25) is 5.02 Å². The normalized spacial score (nSPS) is 11.9. The van der Waals surface area contributed by atoms with E-state index >= 15 is 0 Å². The zero-order chi connectivity index (χ0) is 14.7. The zero-order valence-corrected chi connectivity index (χ0v) is 12.0. The Labute approximate surface area is 124 Å². The Balaban J connectivity index is 2.16. The Morgan fingerprint density at radius 2 is 2.35 bits per heavy atom. The van der Waals surface area contributed by atoms with E-state index in [4.69, 9.17) is 27.2 Å². The lowest BCUT2D eigenvalue weighted by Gasteiger charge is -2.07. The summed E-state index contributed by atoms with van der Waals surface area (Å²) in [6.07, 6.45) is 0. The molecular formula is C12H12ClN3O3S. The van der Waals surface area contributed by atoms with E-state index in [1.165, 1.54) is 18.4 Å². The van der Waals surface area contributed by atoms with Crippen molar-refractivity contribution in [1.29, 1.82) is 0 Å². The highest BCUT2D eigenvalue weighted by molar-refractivity contribution is 7.13. The molecule has 1 unspecified atom stereocenters. The van der Waals surface area contributed by atoms with E-state index in [9.17, 15) is 4.79 Å². The summed E-state index contributed by atoms with van der Waals surface area (Å²) in [4.78, 5) is 14.9. The van der Waals surface area contributed by atoms with Crippen LogP contribution in [0.15, 0.2) is 23.6 Å². The number of halogens is 1. The number of rotatable bonds is 5. The lowest BCUT2D eigenvalue weighted by Crippen LogP contribution is -2.20. The summed E-state index contributed by atoms with van der Waals surface area (Å²) in [7, 11) is 1.53. The molecule has 1 atom stereocenters. The molecule has 0 amide bonds. The van der Waals surface area contributed by atoms with E-state index in [0.717, 1.165) is 5.69 Å². The summed E-state index contributed by atoms with van der Waals surface area (Å²) in [6.45, 7) is 0. The molecule has 1 aromatic heterocycles. The number of nitrogens with two attached hydrogens (primary N) is 1. The van der Waals surface area contributed by atoms with E-state index in [1.54, 1.807) is 23.6 Å². The SMILES string of the molecule is COc1cc(Nc2nc(C(N)C(=O)O)cs2)ccc1Cl. The van der Waals surface area contributed by atoms with E-state index in [0.29, 0.717) is 21.6 Å². The minimum Gasteiger partial charge on any atom is -0.495 e. The lowest BCUT2D eigenvalue weighted by molar-refractivity contribution is -0.138. The van der Waals surface area contributed by atoms with Crippen molar-refractivity contribution < 1.29 is 14.6 Å². The third kappa shape index (κ3) is 3.19. The van der Waals surface area contributed by atoms with Crippen LogP contribution < -0.4 is 15.8 Å². The molecule has 6 nitrogen and oxygen atoms in total. The lowest BCUT2D eigenvalue weighted by atomic mass is 10.2. The largest absolute Gasteiger partial charge is 0.495 e. The Morgan fingerprint density at radius 1 is 1.60 bits per heavy atom. The third-order valence-electron chi connectivity index (χ3n) is 2.51. The van der Waals surface area contributed by atoms with Crippen LogP contribution in [0, 0.1) is 0 Å². The first kappa shape index (κ1) is 14.6. The van der Waals surface area contributed by atoms with Crippen molar-refractivity contribution in [3.05, 3.63) is 34.3 Å². The molecule has 0 radical (unpaired) electrons. The van der Waals surface area contributed by atoms with Gasteiger partial charge in [0.1, 0.15) is 11.8 Å². The van der Waals surface area contributed by atoms with Crippen LogP contribution in [0.3, 0.4) is 0 Å². The third-order valence-corrected chi connectivity index (χ3v) is 3.60. The van der Waals surface area contributed by atoms with Crippen LogP contribution in [-0.2, 0) is 4.79 Å². The Hall–Kier alpha value is -1.83. The van der Waals surface area contributed by atoms with Gasteiger partial charge in [-0.05, 0) is 12.1 Å². The van der Waals surface area contributed by atoms with Crippen LogP contribution in [0.4, 0.5) is 10.8 Å². The van der Waals surface area contributed by atoms with Crippen LogP contribution in [0.5, 0.6) is 5.75 Å². The molecule has 0 aliphatic carbocycles. The number of carboxylic acids is 1. The molecule has 20 heavy (non-hydrogen) atoms. The standard InChI is InChI=1S/C12H12ClN3O3S/c1-19-9-4-6(2-3-7(9)13)15-12-16-8(5-20-12)10(14)11(17)18/h2-5,10H,14H2,1H3,(H,15,16)(H,17,18). The van der Waals surface area contributed by atoms with E-state index in [1.807, 2.05) is 0 Å². The molecule has 2 aromatic rings. The maximum atomic E-state index is 10.8. The molecule has 0 aliphatic rings. The van der Waals surface area contributed by atoms with Gasteiger partial charge in [0.15, 0.2) is 5.13 Å². The number of anilines is 2. The number of aliphatic carboxylic acids is 1. The van der Waals surface area contributed by atoms with Gasteiger partial charge in [0, 0.05) is 17.1 Å². The molecule has 1 aromatic carbocycles. The molecule has 0 saturated carbocycles. The van der Waals surface area contributed by atoms with Crippen molar-refractivity contribution in [3.8, 4) is 5.75 Å². The summed E-state index contributed by atoms with van der Waals surface area (Å²) >= 11 is 7.20. The first-order chi connectivity index (χ1) is 9.51. The number of nitrogens with zero attached hydrogens (tertiary/aromatic N) is 1. The molecule has 0 spiro atoms. The second-order valence-electron chi connectivity index (χ2n) is 3.87. The van der Waals surface area contributed by atoms with Gasteiger partial charge in [0.2, 0.25) is 0 Å². The summed E-state index contributed by atoms with van der Waals surface area (Å²) in [5.74, 6) is -0.578. The average molecular weight is 314 g/mol. The van der Waals surface area contributed by atoms with Crippen molar-refractivity contribution in [3.63, 3.8) is 0 Å². The van der Waals surface area contributed by atoms with E-state index < -0.39 is 12.0 Å². The average Bonchev–Trinajstić information content (AvgIpc) is 2.88. The first-order valence-corrected chi connectivity index (χ1v) is 6.81. The fraction of sp³-hybridized carbons (Fsp3) is 0.167. The number of ether oxygens (including phenoxy) is 1. The van der Waals surface area contributed by atoms with Gasteiger partial charge in [-0.15, -0.1) is 11.3 Å². The number of nitrogens with one attached hydrogen (secondary N) is 1. The quantitative estimate of drug-likeness (QED) is 0.785. The summed E-state index contributed by atoms with van der Waals surface area (Å²) < 4.78 is 5.11. The van der Waals surface area contributed by atoms with Crippen LogP contribution in [0.1, 0.15) is 11.7 Å². The Bertz CT molecular complexity index is 632. The molecule has 8 heteroatoms. The number of aromatic nitrogens is 1. The molecular weight excluding hydrogens is 302 g/mol. The molecule has 0 bridgehead atoms. The minimum absolute atomic E-state index is 0.311. The Morgan fingerprint density at radius 3 is 3.00 bits per heavy atom. The summed E-state index contributed by atoms with van der Waals surface area (Å²) in [6, 6.07) is 4.06. The Kier molecular flexibility index (Phi) is 4.43. The van der Waals surface area contributed by atoms with Gasteiger partial charge in [-0.25, -0.2) is 4.98 Å². The van der Waals surface area contributed by atoms with Crippen LogP contribution in [0.25, 0.3) is 0 Å². The second-order valence-corrected chi connectivity index (χ2v) is 5.13. The monoisotopic (exact) mass is 313 g/mol. The van der Waals surface area contributed by atoms with Gasteiger partial charge < -0.3 is 20.9 Å². The van der Waals surface area contributed by atoms with Crippen molar-refractivity contribution >= 4 is 39.7 Å². The molecule has 0 aliphatic heterocycles. The predicted molar refractivity (Wildman–Crippen MR) is 78.0 cm³/mol. The van der Waals surface area contributed by atoms with Crippen LogP contribution >= 0.6 is 22.9 Å². The molecule has 1 heterocycles. The van der Waals surface area contributed by atoms with Crippen molar-refractivity contribution in [2.24, 2.45) is 5.73 Å². The fourth-order valence-electron chi connectivity index (χ4n) is 1.47. The van der Waals surface area contributed by atoms with Gasteiger partial charge in [-0.3, -0.25) is 4.79 Å². The molecule has 0 fully saturated rings. The van der Waals surface area contributed by atoms with Gasteiger partial charge in [0.25, 0.3) is 0 Å². The predicted octanol–water partition coefficient (Wildman–Crippen LogP) is 2.63. The van der Waals surface area contributed by atoms with E-state index in [2.05, 4.69) is 10.3 Å². The number of carboxylic acid groups (broad SMARTS) is 1. The van der Waals surface area contributed by atoms with Crippen LogP contribution in [-0.4, -0.2) is 23.2 Å². The highest BCUT2D eigenvalue weighted by Gasteiger charge is 2.17. The fourth-order valence-corrected chi connectivity index (χ4v) is 2.44. The number of hydrogen-bond donors (Lipinski definition) is 3. The number of thiazole rings is 1. The maximum Gasteiger partial charge on any atom is 0.326 e. The highest BCUT2D eigenvalue weighted by atomic mass is 35.5. The number of carbonyl (C=O) groups is 1. The number of hydrogen-bond acceptors (Lipinski definition) is 6. The van der Waals surface area contributed by atoms with Crippen molar-refractivity contribution in [2.75, 3.05) is 12.4 Å². The van der Waals surface area contributed by atoms with Gasteiger partial charge in [0.05, 0.1) is 17.8 Å². The molecule has 4 N–H and O–H groups in total. The maximum absolute atomic E-state index is 10.8. The topological polar surface area (TPSA) is 97.5 Å². The van der Waals surface area contributed by atoms with Gasteiger partial charge in [-0.2, -0.15) is 0 Å². The smallest absolute Gasteiger partial charge is 0.326 e.